The Morgan fingerprint density at radius 1 is 1.19 bits per heavy atom. The summed E-state index contributed by atoms with van der Waals surface area (Å²) in [5, 5.41) is 5.99. The lowest BCUT2D eigenvalue weighted by Crippen LogP contribution is -2.17. The summed E-state index contributed by atoms with van der Waals surface area (Å²) in [4.78, 5) is 7.43. The predicted molar refractivity (Wildman–Crippen MR) is 89.0 cm³/mol. The Morgan fingerprint density at radius 3 is 2.95 bits per heavy atom. The molecule has 0 saturated carbocycles. The van der Waals surface area contributed by atoms with Gasteiger partial charge in [0.05, 0.1) is 6.04 Å². The highest BCUT2D eigenvalue weighted by atomic mass is 32.1. The summed E-state index contributed by atoms with van der Waals surface area (Å²) in [6.45, 7) is 0. The van der Waals surface area contributed by atoms with E-state index >= 15 is 0 Å². The van der Waals surface area contributed by atoms with Crippen LogP contribution in [-0.2, 0) is 12.8 Å². The van der Waals surface area contributed by atoms with Gasteiger partial charge in [-0.25, -0.2) is 0 Å². The van der Waals surface area contributed by atoms with Gasteiger partial charge in [0.2, 0.25) is 0 Å². The van der Waals surface area contributed by atoms with E-state index in [0.717, 1.165) is 0 Å². The first-order chi connectivity index (χ1) is 10.4. The Labute approximate surface area is 128 Å². The van der Waals surface area contributed by atoms with E-state index in [0.29, 0.717) is 0 Å². The van der Waals surface area contributed by atoms with Crippen LogP contribution < -0.4 is 5.32 Å². The normalized spacial score (nSPS) is 15.3. The van der Waals surface area contributed by atoms with Crippen LogP contribution in [0.5, 0.6) is 0 Å². The van der Waals surface area contributed by atoms with Crippen LogP contribution in [-0.4, -0.2) is 12.0 Å². The van der Waals surface area contributed by atoms with E-state index in [-0.39, 0.29) is 6.04 Å². The second-order valence-electron chi connectivity index (χ2n) is 5.62. The van der Waals surface area contributed by atoms with Gasteiger partial charge in [-0.15, -0.1) is 11.3 Å². The van der Waals surface area contributed by atoms with Crippen molar-refractivity contribution in [3.63, 3.8) is 0 Å². The zero-order chi connectivity index (χ0) is 14.2. The number of nitrogens with zero attached hydrogens (tertiary/aromatic N) is 1. The van der Waals surface area contributed by atoms with Gasteiger partial charge in [-0.1, -0.05) is 24.3 Å². The average Bonchev–Trinajstić information content (AvgIpc) is 3.10. The summed E-state index contributed by atoms with van der Waals surface area (Å²) in [6.07, 6.45) is 7.77. The predicted octanol–water partition coefficient (Wildman–Crippen LogP) is 4.09. The van der Waals surface area contributed by atoms with Gasteiger partial charge < -0.3 is 5.32 Å². The smallest absolute Gasteiger partial charge is 0.0690 e. The molecule has 0 saturated heterocycles. The van der Waals surface area contributed by atoms with Crippen molar-refractivity contribution in [2.45, 2.75) is 25.3 Å². The number of aryl methyl sites for hydroxylation is 2. The fourth-order valence-corrected chi connectivity index (χ4v) is 4.70. The minimum absolute atomic E-state index is 0.235. The van der Waals surface area contributed by atoms with E-state index in [4.69, 9.17) is 0 Å². The molecule has 1 aliphatic carbocycles. The van der Waals surface area contributed by atoms with Gasteiger partial charge in [-0.2, -0.15) is 0 Å². The molecule has 2 nitrogen and oxygen atoms in total. The number of rotatable bonds is 3. The molecule has 0 fully saturated rings. The Morgan fingerprint density at radius 2 is 2.10 bits per heavy atom. The molecule has 2 heterocycles. The number of hydrogen-bond acceptors (Lipinski definition) is 3. The topological polar surface area (TPSA) is 24.9 Å². The highest BCUT2D eigenvalue weighted by molar-refractivity contribution is 7.12. The van der Waals surface area contributed by atoms with Crippen molar-refractivity contribution >= 4 is 22.1 Å². The highest BCUT2D eigenvalue weighted by Gasteiger charge is 2.21. The molecule has 0 aliphatic heterocycles. The van der Waals surface area contributed by atoms with Crippen LogP contribution in [0, 0.1) is 0 Å². The Balaban J connectivity index is 1.84. The number of fused-ring (bicyclic) bond motifs is 2. The van der Waals surface area contributed by atoms with Crippen molar-refractivity contribution in [2.24, 2.45) is 0 Å². The molecule has 0 radical (unpaired) electrons. The van der Waals surface area contributed by atoms with E-state index in [9.17, 15) is 0 Å². The quantitative estimate of drug-likeness (QED) is 0.787. The second-order valence-corrected chi connectivity index (χ2v) is 6.79. The van der Waals surface area contributed by atoms with Gasteiger partial charge in [0.1, 0.15) is 0 Å². The summed E-state index contributed by atoms with van der Waals surface area (Å²) < 4.78 is 0. The molecular weight excluding hydrogens is 276 g/mol. The largest absolute Gasteiger partial charge is 0.309 e. The third-order valence-corrected chi connectivity index (χ3v) is 5.65. The van der Waals surface area contributed by atoms with E-state index in [1.165, 1.54) is 40.5 Å². The Kier molecular flexibility index (Phi) is 3.24. The average molecular weight is 294 g/mol. The van der Waals surface area contributed by atoms with Crippen LogP contribution in [0.3, 0.4) is 0 Å². The second kappa shape index (κ2) is 5.24. The maximum atomic E-state index is 4.44. The molecule has 1 atom stereocenters. The number of pyridine rings is 1. The van der Waals surface area contributed by atoms with E-state index in [2.05, 4.69) is 40.6 Å². The summed E-state index contributed by atoms with van der Waals surface area (Å²) in [6, 6.07) is 11.1. The monoisotopic (exact) mass is 294 g/mol. The van der Waals surface area contributed by atoms with Gasteiger partial charge in [0, 0.05) is 33.1 Å². The van der Waals surface area contributed by atoms with Gasteiger partial charge >= 0.3 is 0 Å². The summed E-state index contributed by atoms with van der Waals surface area (Å²) in [5.74, 6) is 0. The van der Waals surface area contributed by atoms with Gasteiger partial charge in [0.25, 0.3) is 0 Å². The molecule has 1 unspecified atom stereocenters. The molecule has 0 spiro atoms. The molecule has 3 aromatic rings. The third kappa shape index (κ3) is 2.17. The van der Waals surface area contributed by atoms with Crippen LogP contribution in [0.4, 0.5) is 0 Å². The SMILES string of the molecule is CNC(c1cc2c(s1)CCC2)c1cncc2ccccc12. The first kappa shape index (κ1) is 13.0. The zero-order valence-electron chi connectivity index (χ0n) is 12.1. The summed E-state index contributed by atoms with van der Waals surface area (Å²) in [7, 11) is 2.04. The van der Waals surface area contributed by atoms with Gasteiger partial charge in [-0.05, 0) is 43.3 Å². The van der Waals surface area contributed by atoms with Crippen LogP contribution in [0.2, 0.25) is 0 Å². The van der Waals surface area contributed by atoms with Crippen molar-refractivity contribution in [1.29, 1.82) is 0 Å². The molecule has 0 amide bonds. The third-order valence-electron chi connectivity index (χ3n) is 4.35. The first-order valence-electron chi connectivity index (χ1n) is 7.48. The molecule has 106 valence electrons. The zero-order valence-corrected chi connectivity index (χ0v) is 12.9. The minimum atomic E-state index is 0.235. The fourth-order valence-electron chi connectivity index (χ4n) is 3.32. The summed E-state index contributed by atoms with van der Waals surface area (Å²) >= 11 is 1.97. The first-order valence-corrected chi connectivity index (χ1v) is 8.30. The van der Waals surface area contributed by atoms with Crippen molar-refractivity contribution in [3.05, 3.63) is 63.6 Å². The lowest BCUT2D eigenvalue weighted by Gasteiger charge is -2.17. The van der Waals surface area contributed by atoms with Gasteiger partial charge in [0.15, 0.2) is 0 Å². The molecule has 21 heavy (non-hydrogen) atoms. The molecule has 4 rings (SSSR count). The highest BCUT2D eigenvalue weighted by Crippen LogP contribution is 2.37. The maximum Gasteiger partial charge on any atom is 0.0690 e. The van der Waals surface area contributed by atoms with Crippen molar-refractivity contribution in [2.75, 3.05) is 7.05 Å². The van der Waals surface area contributed by atoms with Crippen LogP contribution in [0.15, 0.2) is 42.7 Å². The molecule has 1 aromatic carbocycles. The molecule has 1 aliphatic rings. The molecule has 3 heteroatoms. The van der Waals surface area contributed by atoms with Crippen molar-refractivity contribution in [1.82, 2.24) is 10.3 Å². The van der Waals surface area contributed by atoms with Crippen LogP contribution >= 0.6 is 11.3 Å². The number of nitrogens with one attached hydrogen (secondary N) is 1. The standard InChI is InChI=1S/C18H18N2S/c1-19-18(17-9-12-6-4-8-16(12)21-17)15-11-20-10-13-5-2-3-7-14(13)15/h2-3,5,7,9-11,18-19H,4,6,8H2,1H3. The Hall–Kier alpha value is -1.71. The van der Waals surface area contributed by atoms with Crippen LogP contribution in [0.25, 0.3) is 10.8 Å². The number of hydrogen-bond donors (Lipinski definition) is 1. The number of thiophene rings is 1. The molecule has 2 aromatic heterocycles. The minimum Gasteiger partial charge on any atom is -0.309 e. The maximum absolute atomic E-state index is 4.44. The van der Waals surface area contributed by atoms with E-state index in [1.807, 2.05) is 30.8 Å². The van der Waals surface area contributed by atoms with Crippen molar-refractivity contribution < 1.29 is 0 Å². The van der Waals surface area contributed by atoms with Crippen LogP contribution in [0.1, 0.15) is 33.3 Å². The van der Waals surface area contributed by atoms with Gasteiger partial charge in [-0.3, -0.25) is 4.98 Å². The Bertz CT molecular complexity index is 764. The van der Waals surface area contributed by atoms with E-state index in [1.54, 1.807) is 10.4 Å². The van der Waals surface area contributed by atoms with Crippen molar-refractivity contribution in [3.8, 4) is 0 Å². The molecule has 0 bridgehead atoms. The molecule has 1 N–H and O–H groups in total. The fraction of sp³-hybridized carbons (Fsp3) is 0.278. The molecular formula is C18H18N2S. The number of benzene rings is 1. The number of aromatic nitrogens is 1. The lowest BCUT2D eigenvalue weighted by atomic mass is 10.00. The lowest BCUT2D eigenvalue weighted by molar-refractivity contribution is 0.705. The van der Waals surface area contributed by atoms with E-state index < -0.39 is 0 Å². The summed E-state index contributed by atoms with van der Waals surface area (Å²) in [5.41, 5.74) is 2.83.